The molecule has 0 unspecified atom stereocenters. The van der Waals surface area contributed by atoms with Gasteiger partial charge in [-0.1, -0.05) is 57.9 Å². The van der Waals surface area contributed by atoms with Crippen molar-refractivity contribution in [2.45, 2.75) is 65.8 Å². The first kappa shape index (κ1) is 15.6. The van der Waals surface area contributed by atoms with Crippen LogP contribution in [0.5, 0.6) is 0 Å². The largest absolute Gasteiger partial charge is 0.312 e. The molecule has 1 N–H and O–H groups in total. The van der Waals surface area contributed by atoms with E-state index in [4.69, 9.17) is 0 Å². The molecule has 0 heterocycles. The molecule has 1 aromatic rings. The molecule has 112 valence electrons. The highest BCUT2D eigenvalue weighted by atomic mass is 14.9. The summed E-state index contributed by atoms with van der Waals surface area (Å²) < 4.78 is 0. The topological polar surface area (TPSA) is 12.0 Å². The number of hydrogen-bond acceptors (Lipinski definition) is 1. The van der Waals surface area contributed by atoms with Crippen LogP contribution in [0, 0.1) is 11.3 Å². The van der Waals surface area contributed by atoms with Crippen molar-refractivity contribution in [3.8, 4) is 0 Å². The van der Waals surface area contributed by atoms with Gasteiger partial charge in [0.1, 0.15) is 0 Å². The van der Waals surface area contributed by atoms with Crippen molar-refractivity contribution in [1.29, 1.82) is 0 Å². The van der Waals surface area contributed by atoms with Crippen LogP contribution < -0.4 is 5.32 Å². The lowest BCUT2D eigenvalue weighted by atomic mass is 9.83. The van der Waals surface area contributed by atoms with Crippen molar-refractivity contribution in [3.63, 3.8) is 0 Å². The quantitative estimate of drug-likeness (QED) is 0.741. The SMILES string of the molecule is CCC1(CNCc2ccc(CC(C)C)cc2)CCCC1. The molecule has 1 heteroatoms. The summed E-state index contributed by atoms with van der Waals surface area (Å²) in [5.74, 6) is 0.741. The molecule has 0 amide bonds. The Kier molecular flexibility index (Phi) is 5.65. The van der Waals surface area contributed by atoms with Crippen molar-refractivity contribution in [2.24, 2.45) is 11.3 Å². The maximum absolute atomic E-state index is 3.70. The third kappa shape index (κ3) is 4.34. The molecule has 0 aliphatic heterocycles. The molecule has 1 aliphatic rings. The first-order chi connectivity index (χ1) is 9.63. The summed E-state index contributed by atoms with van der Waals surface area (Å²) in [6, 6.07) is 9.17. The maximum Gasteiger partial charge on any atom is 0.0205 e. The summed E-state index contributed by atoms with van der Waals surface area (Å²) in [7, 11) is 0. The zero-order valence-electron chi connectivity index (χ0n) is 13.5. The summed E-state index contributed by atoms with van der Waals surface area (Å²) in [5.41, 5.74) is 3.48. The molecule has 0 spiro atoms. The normalized spacial score (nSPS) is 17.8. The van der Waals surface area contributed by atoms with Gasteiger partial charge in [-0.15, -0.1) is 0 Å². The molecule has 0 aromatic heterocycles. The predicted molar refractivity (Wildman–Crippen MR) is 87.9 cm³/mol. The standard InChI is InChI=1S/C19H31N/c1-4-19(11-5-6-12-19)15-20-14-18-9-7-17(8-10-18)13-16(2)3/h7-10,16,20H,4-6,11-15H2,1-3H3. The molecule has 20 heavy (non-hydrogen) atoms. The van der Waals surface area contributed by atoms with E-state index in [-0.39, 0.29) is 0 Å². The van der Waals surface area contributed by atoms with E-state index in [0.717, 1.165) is 12.5 Å². The average Bonchev–Trinajstić information content (AvgIpc) is 2.90. The highest BCUT2D eigenvalue weighted by molar-refractivity contribution is 5.22. The predicted octanol–water partition coefficient (Wildman–Crippen LogP) is 4.95. The molecular weight excluding hydrogens is 242 g/mol. The van der Waals surface area contributed by atoms with E-state index in [1.54, 1.807) is 0 Å². The van der Waals surface area contributed by atoms with Gasteiger partial charge < -0.3 is 5.32 Å². The van der Waals surface area contributed by atoms with Gasteiger partial charge in [0.05, 0.1) is 0 Å². The summed E-state index contributed by atoms with van der Waals surface area (Å²) in [4.78, 5) is 0. The van der Waals surface area contributed by atoms with Gasteiger partial charge in [0.2, 0.25) is 0 Å². The summed E-state index contributed by atoms with van der Waals surface area (Å²) in [6.07, 6.45) is 8.21. The lowest BCUT2D eigenvalue weighted by molar-refractivity contribution is 0.268. The second kappa shape index (κ2) is 7.26. The molecular formula is C19H31N. The Morgan fingerprint density at radius 1 is 1.05 bits per heavy atom. The van der Waals surface area contributed by atoms with E-state index < -0.39 is 0 Å². The van der Waals surface area contributed by atoms with Gasteiger partial charge in [-0.05, 0) is 48.1 Å². The minimum Gasteiger partial charge on any atom is -0.312 e. The molecule has 0 atom stereocenters. The van der Waals surface area contributed by atoms with Gasteiger partial charge in [-0.3, -0.25) is 0 Å². The van der Waals surface area contributed by atoms with Crippen LogP contribution in [0.25, 0.3) is 0 Å². The van der Waals surface area contributed by atoms with Crippen LogP contribution in [0.1, 0.15) is 64.0 Å². The lowest BCUT2D eigenvalue weighted by Gasteiger charge is -2.27. The molecule has 0 bridgehead atoms. The minimum atomic E-state index is 0.595. The van der Waals surface area contributed by atoms with Crippen LogP contribution in [0.3, 0.4) is 0 Å². The number of benzene rings is 1. The Bertz CT molecular complexity index is 385. The van der Waals surface area contributed by atoms with Gasteiger partial charge in [0.15, 0.2) is 0 Å². The number of hydrogen-bond donors (Lipinski definition) is 1. The van der Waals surface area contributed by atoms with Crippen LogP contribution >= 0.6 is 0 Å². The van der Waals surface area contributed by atoms with E-state index >= 15 is 0 Å². The summed E-state index contributed by atoms with van der Waals surface area (Å²) in [6.45, 7) is 9.12. The zero-order valence-corrected chi connectivity index (χ0v) is 13.5. The maximum atomic E-state index is 3.70. The van der Waals surface area contributed by atoms with Gasteiger partial charge in [-0.2, -0.15) is 0 Å². The molecule has 1 aromatic carbocycles. The molecule has 1 nitrogen and oxygen atoms in total. The van der Waals surface area contributed by atoms with Crippen LogP contribution in [-0.4, -0.2) is 6.54 Å². The Balaban J connectivity index is 1.79. The second-order valence-electron chi connectivity index (χ2n) is 7.08. The van der Waals surface area contributed by atoms with Crippen LogP contribution in [0.15, 0.2) is 24.3 Å². The third-order valence-electron chi connectivity index (χ3n) is 4.91. The monoisotopic (exact) mass is 273 g/mol. The highest BCUT2D eigenvalue weighted by Crippen LogP contribution is 2.40. The van der Waals surface area contributed by atoms with Gasteiger partial charge in [0, 0.05) is 13.1 Å². The fourth-order valence-electron chi connectivity index (χ4n) is 3.52. The Hall–Kier alpha value is -0.820. The molecule has 1 fully saturated rings. The molecule has 1 saturated carbocycles. The summed E-state index contributed by atoms with van der Waals surface area (Å²) >= 11 is 0. The molecule has 0 radical (unpaired) electrons. The van der Waals surface area contributed by atoms with Crippen molar-refractivity contribution < 1.29 is 0 Å². The molecule has 1 aliphatic carbocycles. The van der Waals surface area contributed by atoms with E-state index in [9.17, 15) is 0 Å². The van der Waals surface area contributed by atoms with Crippen LogP contribution in [-0.2, 0) is 13.0 Å². The first-order valence-electron chi connectivity index (χ1n) is 8.42. The fraction of sp³-hybridized carbons (Fsp3) is 0.684. The van der Waals surface area contributed by atoms with E-state index in [1.165, 1.54) is 56.2 Å². The second-order valence-corrected chi connectivity index (χ2v) is 7.08. The van der Waals surface area contributed by atoms with Gasteiger partial charge >= 0.3 is 0 Å². The first-order valence-corrected chi connectivity index (χ1v) is 8.42. The fourth-order valence-corrected chi connectivity index (χ4v) is 3.52. The van der Waals surface area contributed by atoms with E-state index in [2.05, 4.69) is 50.4 Å². The van der Waals surface area contributed by atoms with Gasteiger partial charge in [0.25, 0.3) is 0 Å². The average molecular weight is 273 g/mol. The zero-order chi connectivity index (χ0) is 14.4. The molecule has 2 rings (SSSR count). The smallest absolute Gasteiger partial charge is 0.0205 e. The van der Waals surface area contributed by atoms with E-state index in [1.807, 2.05) is 0 Å². The Morgan fingerprint density at radius 3 is 2.20 bits per heavy atom. The highest BCUT2D eigenvalue weighted by Gasteiger charge is 2.31. The third-order valence-corrected chi connectivity index (χ3v) is 4.91. The Labute approximate surface area is 125 Å². The van der Waals surface area contributed by atoms with Crippen LogP contribution in [0.4, 0.5) is 0 Å². The Morgan fingerprint density at radius 2 is 1.65 bits per heavy atom. The van der Waals surface area contributed by atoms with Crippen molar-refractivity contribution >= 4 is 0 Å². The molecule has 0 saturated heterocycles. The lowest BCUT2D eigenvalue weighted by Crippen LogP contribution is -2.31. The van der Waals surface area contributed by atoms with Crippen molar-refractivity contribution in [2.75, 3.05) is 6.54 Å². The van der Waals surface area contributed by atoms with Crippen molar-refractivity contribution in [1.82, 2.24) is 5.32 Å². The summed E-state index contributed by atoms with van der Waals surface area (Å²) in [5, 5.41) is 3.70. The van der Waals surface area contributed by atoms with Crippen molar-refractivity contribution in [3.05, 3.63) is 35.4 Å². The van der Waals surface area contributed by atoms with E-state index in [0.29, 0.717) is 5.41 Å². The number of nitrogens with one attached hydrogen (secondary N) is 1. The van der Waals surface area contributed by atoms with Gasteiger partial charge in [-0.25, -0.2) is 0 Å². The van der Waals surface area contributed by atoms with Crippen LogP contribution in [0.2, 0.25) is 0 Å². The minimum absolute atomic E-state index is 0.595. The number of rotatable bonds is 7.